The molecule has 0 nitrogen and oxygen atoms in total. The third kappa shape index (κ3) is 3.48. The number of benzene rings is 2. The zero-order valence-electron chi connectivity index (χ0n) is 11.6. The van der Waals surface area contributed by atoms with Crippen LogP contribution in [0.3, 0.4) is 0 Å². The van der Waals surface area contributed by atoms with Crippen molar-refractivity contribution >= 4 is 15.9 Å². The summed E-state index contributed by atoms with van der Waals surface area (Å²) in [5.74, 6) is 0.711. The second-order valence-corrected chi connectivity index (χ2v) is 5.95. The third-order valence-electron chi connectivity index (χ3n) is 3.80. The molecule has 0 aromatic heterocycles. The van der Waals surface area contributed by atoms with Gasteiger partial charge in [-0.05, 0) is 22.6 Å². The van der Waals surface area contributed by atoms with Crippen molar-refractivity contribution in [3.8, 4) is 11.1 Å². The first-order valence-corrected chi connectivity index (χ1v) is 7.97. The highest BCUT2D eigenvalue weighted by atomic mass is 79.9. The van der Waals surface area contributed by atoms with Crippen LogP contribution in [0.1, 0.15) is 37.1 Å². The van der Waals surface area contributed by atoms with E-state index in [0.717, 1.165) is 0 Å². The fraction of sp³-hybridized carbons (Fsp3) is 0.333. The Balaban J connectivity index is 2.19. The van der Waals surface area contributed by atoms with Crippen molar-refractivity contribution in [1.82, 2.24) is 0 Å². The molecular formula is C18H21Br. The topological polar surface area (TPSA) is 0 Å². The molecule has 0 aliphatic rings. The van der Waals surface area contributed by atoms with Gasteiger partial charge in [-0.15, -0.1) is 0 Å². The largest absolute Gasteiger partial charge is 0.0836 e. The average Bonchev–Trinajstić information content (AvgIpc) is 2.49. The number of hydrogen-bond acceptors (Lipinski definition) is 0. The molecular weight excluding hydrogens is 296 g/mol. The second kappa shape index (κ2) is 6.91. The maximum atomic E-state index is 3.85. The van der Waals surface area contributed by atoms with Crippen molar-refractivity contribution in [1.29, 1.82) is 0 Å². The molecule has 0 fully saturated rings. The first-order chi connectivity index (χ1) is 9.26. The zero-order chi connectivity index (χ0) is 13.7. The highest BCUT2D eigenvalue weighted by molar-refractivity contribution is 9.09. The van der Waals surface area contributed by atoms with E-state index in [2.05, 4.69) is 84.4 Å². The minimum atomic E-state index is 0.465. The Morgan fingerprint density at radius 1 is 0.789 bits per heavy atom. The van der Waals surface area contributed by atoms with Gasteiger partial charge < -0.3 is 0 Å². The Morgan fingerprint density at radius 2 is 1.32 bits per heavy atom. The van der Waals surface area contributed by atoms with Gasteiger partial charge in [0.15, 0.2) is 0 Å². The maximum Gasteiger partial charge on any atom is 0.0423 e. The van der Waals surface area contributed by atoms with Crippen molar-refractivity contribution < 1.29 is 0 Å². The predicted molar refractivity (Wildman–Crippen MR) is 87.6 cm³/mol. The van der Waals surface area contributed by atoms with Crippen LogP contribution in [-0.2, 0) is 0 Å². The van der Waals surface area contributed by atoms with Gasteiger partial charge in [0.05, 0.1) is 0 Å². The van der Waals surface area contributed by atoms with Crippen LogP contribution in [0.15, 0.2) is 54.6 Å². The quantitative estimate of drug-likeness (QED) is 0.574. The highest BCUT2D eigenvalue weighted by Crippen LogP contribution is 2.35. The number of alkyl halides is 1. The van der Waals surface area contributed by atoms with Gasteiger partial charge in [-0.3, -0.25) is 0 Å². The molecule has 19 heavy (non-hydrogen) atoms. The van der Waals surface area contributed by atoms with Crippen LogP contribution in [0.4, 0.5) is 0 Å². The van der Waals surface area contributed by atoms with E-state index in [1.54, 1.807) is 0 Å². The summed E-state index contributed by atoms with van der Waals surface area (Å²) < 4.78 is 0. The molecule has 0 aliphatic carbocycles. The normalized spacial score (nSPS) is 12.6. The molecule has 0 heterocycles. The van der Waals surface area contributed by atoms with Crippen LogP contribution in [0.2, 0.25) is 0 Å². The lowest BCUT2D eigenvalue weighted by molar-refractivity contribution is 0.487. The fourth-order valence-electron chi connectivity index (χ4n) is 2.46. The molecule has 2 aromatic rings. The van der Waals surface area contributed by atoms with Crippen molar-refractivity contribution in [2.24, 2.45) is 5.92 Å². The molecule has 0 radical (unpaired) electrons. The Kier molecular flexibility index (Phi) is 5.21. The zero-order valence-corrected chi connectivity index (χ0v) is 13.2. The molecule has 2 aromatic carbocycles. The lowest BCUT2D eigenvalue weighted by atomic mass is 9.93. The maximum absolute atomic E-state index is 3.85. The van der Waals surface area contributed by atoms with E-state index < -0.39 is 0 Å². The molecule has 0 amide bonds. The molecule has 1 atom stereocenters. The van der Waals surface area contributed by atoms with Gasteiger partial charge in [-0.1, -0.05) is 97.2 Å². The highest BCUT2D eigenvalue weighted by Gasteiger charge is 2.16. The minimum absolute atomic E-state index is 0.465. The van der Waals surface area contributed by atoms with Crippen LogP contribution in [0.5, 0.6) is 0 Å². The molecule has 100 valence electrons. The summed E-state index contributed by atoms with van der Waals surface area (Å²) in [6.45, 7) is 4.53. The standard InChI is InChI=1S/C18H21Br/c1-3-14(4-2)18(19)17-12-10-16(11-13-17)15-8-6-5-7-9-15/h5-14,18H,3-4H2,1-2H3. The van der Waals surface area contributed by atoms with Crippen LogP contribution in [0.25, 0.3) is 11.1 Å². The van der Waals surface area contributed by atoms with Gasteiger partial charge in [0.2, 0.25) is 0 Å². The molecule has 0 spiro atoms. The van der Waals surface area contributed by atoms with Crippen LogP contribution < -0.4 is 0 Å². The molecule has 0 bridgehead atoms. The molecule has 0 saturated carbocycles. The first-order valence-electron chi connectivity index (χ1n) is 7.05. The summed E-state index contributed by atoms with van der Waals surface area (Å²) in [4.78, 5) is 0.465. The van der Waals surface area contributed by atoms with E-state index in [0.29, 0.717) is 10.7 Å². The van der Waals surface area contributed by atoms with E-state index in [-0.39, 0.29) is 0 Å². The summed E-state index contributed by atoms with van der Waals surface area (Å²) in [5, 5.41) is 0. The lowest BCUT2D eigenvalue weighted by Crippen LogP contribution is -2.05. The molecule has 0 N–H and O–H groups in total. The summed E-state index contributed by atoms with van der Waals surface area (Å²) in [5.41, 5.74) is 3.95. The van der Waals surface area contributed by atoms with Gasteiger partial charge in [0.25, 0.3) is 0 Å². The van der Waals surface area contributed by atoms with E-state index in [9.17, 15) is 0 Å². The van der Waals surface area contributed by atoms with Crippen molar-refractivity contribution in [3.63, 3.8) is 0 Å². The first kappa shape index (κ1) is 14.3. The van der Waals surface area contributed by atoms with Crippen LogP contribution in [-0.4, -0.2) is 0 Å². The van der Waals surface area contributed by atoms with Gasteiger partial charge in [-0.25, -0.2) is 0 Å². The molecule has 2 rings (SSSR count). The van der Waals surface area contributed by atoms with E-state index >= 15 is 0 Å². The van der Waals surface area contributed by atoms with Gasteiger partial charge in [0.1, 0.15) is 0 Å². The molecule has 0 aliphatic heterocycles. The van der Waals surface area contributed by atoms with Gasteiger partial charge in [0, 0.05) is 4.83 Å². The smallest absolute Gasteiger partial charge is 0.0423 e. The lowest BCUT2D eigenvalue weighted by Gasteiger charge is -2.20. The SMILES string of the molecule is CCC(CC)C(Br)c1ccc(-c2ccccc2)cc1. The summed E-state index contributed by atoms with van der Waals surface area (Å²) in [7, 11) is 0. The average molecular weight is 317 g/mol. The molecule has 0 saturated heterocycles. The number of rotatable bonds is 5. The number of hydrogen-bond donors (Lipinski definition) is 0. The van der Waals surface area contributed by atoms with Gasteiger partial charge >= 0.3 is 0 Å². The van der Waals surface area contributed by atoms with Crippen molar-refractivity contribution in [2.45, 2.75) is 31.5 Å². The Hall–Kier alpha value is -1.08. The third-order valence-corrected chi connectivity index (χ3v) is 5.08. The van der Waals surface area contributed by atoms with Crippen molar-refractivity contribution in [3.05, 3.63) is 60.2 Å². The molecule has 1 unspecified atom stereocenters. The minimum Gasteiger partial charge on any atom is -0.0836 e. The van der Waals surface area contributed by atoms with E-state index in [1.165, 1.54) is 29.5 Å². The Bertz CT molecular complexity index is 483. The van der Waals surface area contributed by atoms with Crippen molar-refractivity contribution in [2.75, 3.05) is 0 Å². The predicted octanol–water partition coefficient (Wildman–Crippen LogP) is 6.23. The van der Waals surface area contributed by atoms with E-state index in [1.807, 2.05) is 0 Å². The summed E-state index contributed by atoms with van der Waals surface area (Å²) in [6, 6.07) is 19.5. The van der Waals surface area contributed by atoms with Crippen LogP contribution >= 0.6 is 15.9 Å². The van der Waals surface area contributed by atoms with Gasteiger partial charge in [-0.2, -0.15) is 0 Å². The second-order valence-electron chi connectivity index (χ2n) is 4.97. The van der Waals surface area contributed by atoms with Crippen LogP contribution in [0, 0.1) is 5.92 Å². The van der Waals surface area contributed by atoms with E-state index in [4.69, 9.17) is 0 Å². The summed E-state index contributed by atoms with van der Waals surface area (Å²) >= 11 is 3.85. The number of halogens is 1. The summed E-state index contributed by atoms with van der Waals surface area (Å²) in [6.07, 6.45) is 2.43. The monoisotopic (exact) mass is 316 g/mol. The molecule has 1 heteroatoms. The Labute approximate surface area is 125 Å². The fourth-order valence-corrected chi connectivity index (χ4v) is 3.52. The Morgan fingerprint density at radius 3 is 1.84 bits per heavy atom.